The summed E-state index contributed by atoms with van der Waals surface area (Å²) >= 11 is 3.41. The number of methoxy groups -OCH3 is 1. The van der Waals surface area contributed by atoms with E-state index in [1.165, 1.54) is 7.11 Å². The lowest BCUT2D eigenvalue weighted by Gasteiger charge is -2.08. The third-order valence-corrected chi connectivity index (χ3v) is 3.70. The van der Waals surface area contributed by atoms with Crippen LogP contribution in [0.1, 0.15) is 16.2 Å². The molecule has 2 aromatic heterocycles. The van der Waals surface area contributed by atoms with Crippen LogP contribution in [0.2, 0.25) is 0 Å². The van der Waals surface area contributed by atoms with E-state index in [2.05, 4.69) is 25.9 Å². The van der Waals surface area contributed by atoms with Gasteiger partial charge < -0.3 is 4.74 Å². The highest BCUT2D eigenvalue weighted by molar-refractivity contribution is 9.10. The number of hydrogen-bond donors (Lipinski definition) is 0. The summed E-state index contributed by atoms with van der Waals surface area (Å²) in [5.74, 6) is 0.162. The summed E-state index contributed by atoms with van der Waals surface area (Å²) in [4.78, 5) is 21.2. The number of nitrogens with zero attached hydrogens (tertiary/aromatic N) is 2. The monoisotopic (exact) mass is 342 g/mol. The summed E-state index contributed by atoms with van der Waals surface area (Å²) in [5.41, 5.74) is 1.34. The Bertz CT molecular complexity index is 833. The number of carbonyl (C=O) groups excluding carboxylic acids is 1. The molecule has 5 heteroatoms. The van der Waals surface area contributed by atoms with E-state index in [1.54, 1.807) is 18.3 Å². The van der Waals surface area contributed by atoms with Gasteiger partial charge in [-0.15, -0.1) is 0 Å². The first-order valence-corrected chi connectivity index (χ1v) is 7.09. The molecule has 0 atom stereocenters. The normalized spacial score (nSPS) is 10.6. The maximum atomic E-state index is 12.7. The molecular formula is C16H11BrN2O2. The molecule has 1 aromatic carbocycles. The van der Waals surface area contributed by atoms with Crippen molar-refractivity contribution in [2.45, 2.75) is 0 Å². The zero-order valence-corrected chi connectivity index (χ0v) is 12.8. The van der Waals surface area contributed by atoms with Gasteiger partial charge in [0.15, 0.2) is 5.69 Å². The van der Waals surface area contributed by atoms with Gasteiger partial charge in [0.1, 0.15) is 11.4 Å². The van der Waals surface area contributed by atoms with E-state index < -0.39 is 0 Å². The highest BCUT2D eigenvalue weighted by Crippen LogP contribution is 2.25. The number of ether oxygens (including phenoxy) is 1. The van der Waals surface area contributed by atoms with Crippen molar-refractivity contribution >= 4 is 32.6 Å². The van der Waals surface area contributed by atoms with Gasteiger partial charge in [0.25, 0.3) is 0 Å². The van der Waals surface area contributed by atoms with E-state index >= 15 is 0 Å². The molecule has 0 saturated carbocycles. The molecule has 0 aliphatic heterocycles. The van der Waals surface area contributed by atoms with Crippen LogP contribution in [0.5, 0.6) is 5.75 Å². The molecule has 3 aromatic rings. The van der Waals surface area contributed by atoms with E-state index in [9.17, 15) is 4.79 Å². The summed E-state index contributed by atoms with van der Waals surface area (Å²) in [5, 5.41) is 0.967. The van der Waals surface area contributed by atoms with Crippen LogP contribution >= 0.6 is 15.9 Å². The average molecular weight is 343 g/mol. The minimum Gasteiger partial charge on any atom is -0.494 e. The Kier molecular flexibility index (Phi) is 3.66. The van der Waals surface area contributed by atoms with Crippen LogP contribution in [-0.2, 0) is 0 Å². The molecule has 0 unspecified atom stereocenters. The van der Waals surface area contributed by atoms with Crippen molar-refractivity contribution in [1.82, 2.24) is 9.97 Å². The standard InChI is InChI=1S/C16H11BrN2O2/c1-21-13-7-4-8-18-15(13)16(20)14-11(17)9-10-5-2-3-6-12(10)19-14/h2-9H,1H3. The van der Waals surface area contributed by atoms with Gasteiger partial charge in [0, 0.05) is 16.1 Å². The number of rotatable bonds is 3. The number of para-hydroxylation sites is 1. The zero-order chi connectivity index (χ0) is 14.8. The molecule has 0 aliphatic carbocycles. The molecule has 0 spiro atoms. The van der Waals surface area contributed by atoms with E-state index in [1.807, 2.05) is 30.3 Å². The number of ketones is 1. The van der Waals surface area contributed by atoms with Gasteiger partial charge in [-0.05, 0) is 40.2 Å². The summed E-state index contributed by atoms with van der Waals surface area (Å²) in [6.07, 6.45) is 1.56. The van der Waals surface area contributed by atoms with Crippen LogP contribution in [0.4, 0.5) is 0 Å². The minimum atomic E-state index is -0.273. The summed E-state index contributed by atoms with van der Waals surface area (Å²) in [6, 6.07) is 12.9. The topological polar surface area (TPSA) is 52.1 Å². The largest absolute Gasteiger partial charge is 0.494 e. The van der Waals surface area contributed by atoms with E-state index in [4.69, 9.17) is 4.74 Å². The fourth-order valence-corrected chi connectivity index (χ4v) is 2.60. The predicted octanol–water partition coefficient (Wildman–Crippen LogP) is 3.63. The molecule has 104 valence electrons. The Morgan fingerprint density at radius 2 is 1.95 bits per heavy atom. The number of halogens is 1. The number of aromatic nitrogens is 2. The summed E-state index contributed by atoms with van der Waals surface area (Å²) in [6.45, 7) is 0. The molecule has 2 heterocycles. The molecule has 0 fully saturated rings. The van der Waals surface area contributed by atoms with E-state index in [0.717, 1.165) is 10.9 Å². The van der Waals surface area contributed by atoms with Crippen molar-refractivity contribution in [3.8, 4) is 5.75 Å². The average Bonchev–Trinajstić information content (AvgIpc) is 2.53. The van der Waals surface area contributed by atoms with Crippen molar-refractivity contribution in [2.24, 2.45) is 0 Å². The number of pyridine rings is 2. The Labute approximate surface area is 129 Å². The fourth-order valence-electron chi connectivity index (χ4n) is 2.09. The molecule has 4 nitrogen and oxygen atoms in total. The van der Waals surface area contributed by atoms with E-state index in [-0.39, 0.29) is 11.5 Å². The fraction of sp³-hybridized carbons (Fsp3) is 0.0625. The van der Waals surface area contributed by atoms with Crippen molar-refractivity contribution < 1.29 is 9.53 Å². The number of fused-ring (bicyclic) bond motifs is 1. The third-order valence-electron chi connectivity index (χ3n) is 3.10. The molecule has 0 bridgehead atoms. The first kappa shape index (κ1) is 13.7. The Morgan fingerprint density at radius 1 is 1.14 bits per heavy atom. The van der Waals surface area contributed by atoms with Gasteiger partial charge in [0.05, 0.1) is 12.6 Å². The first-order valence-electron chi connectivity index (χ1n) is 6.29. The molecule has 0 aliphatic rings. The molecular weight excluding hydrogens is 332 g/mol. The van der Waals surface area contributed by atoms with Crippen molar-refractivity contribution in [3.05, 3.63) is 64.5 Å². The van der Waals surface area contributed by atoms with Gasteiger partial charge in [-0.3, -0.25) is 4.79 Å². The van der Waals surface area contributed by atoms with Crippen LogP contribution in [0, 0.1) is 0 Å². The van der Waals surface area contributed by atoms with Gasteiger partial charge in [-0.25, -0.2) is 9.97 Å². The zero-order valence-electron chi connectivity index (χ0n) is 11.2. The second-order valence-electron chi connectivity index (χ2n) is 4.39. The second kappa shape index (κ2) is 5.61. The predicted molar refractivity (Wildman–Crippen MR) is 83.7 cm³/mol. The smallest absolute Gasteiger partial charge is 0.234 e. The van der Waals surface area contributed by atoms with Crippen molar-refractivity contribution in [1.29, 1.82) is 0 Å². The number of hydrogen-bond acceptors (Lipinski definition) is 4. The second-order valence-corrected chi connectivity index (χ2v) is 5.25. The summed E-state index contributed by atoms with van der Waals surface area (Å²) in [7, 11) is 1.51. The molecule has 0 N–H and O–H groups in total. The maximum Gasteiger partial charge on any atom is 0.234 e. The SMILES string of the molecule is COc1cccnc1C(=O)c1nc2ccccc2cc1Br. The van der Waals surface area contributed by atoms with Crippen LogP contribution in [0.25, 0.3) is 10.9 Å². The van der Waals surface area contributed by atoms with Gasteiger partial charge in [0.2, 0.25) is 5.78 Å². The highest BCUT2D eigenvalue weighted by Gasteiger charge is 2.20. The lowest BCUT2D eigenvalue weighted by molar-refractivity contribution is 0.102. The molecule has 0 saturated heterocycles. The Morgan fingerprint density at radius 3 is 2.76 bits per heavy atom. The highest BCUT2D eigenvalue weighted by atomic mass is 79.9. The third kappa shape index (κ3) is 2.52. The lowest BCUT2D eigenvalue weighted by atomic mass is 10.1. The van der Waals surface area contributed by atoms with Crippen LogP contribution in [0.3, 0.4) is 0 Å². The summed E-state index contributed by atoms with van der Waals surface area (Å²) < 4.78 is 5.83. The molecule has 3 rings (SSSR count). The maximum absolute atomic E-state index is 12.7. The molecule has 0 amide bonds. The Hall–Kier alpha value is -2.27. The lowest BCUT2D eigenvalue weighted by Crippen LogP contribution is -2.09. The van der Waals surface area contributed by atoms with Crippen LogP contribution < -0.4 is 4.74 Å². The molecule has 0 radical (unpaired) electrons. The van der Waals surface area contributed by atoms with Crippen LogP contribution in [0.15, 0.2) is 53.1 Å². The van der Waals surface area contributed by atoms with Crippen molar-refractivity contribution in [3.63, 3.8) is 0 Å². The van der Waals surface area contributed by atoms with Crippen molar-refractivity contribution in [2.75, 3.05) is 7.11 Å². The quantitative estimate of drug-likeness (QED) is 0.682. The Balaban J connectivity index is 2.15. The number of benzene rings is 1. The minimum absolute atomic E-state index is 0.253. The number of carbonyl (C=O) groups is 1. The van der Waals surface area contributed by atoms with E-state index in [0.29, 0.717) is 15.9 Å². The van der Waals surface area contributed by atoms with Crippen LogP contribution in [-0.4, -0.2) is 22.9 Å². The van der Waals surface area contributed by atoms with Gasteiger partial charge in [-0.1, -0.05) is 18.2 Å². The molecule has 21 heavy (non-hydrogen) atoms. The van der Waals surface area contributed by atoms with Gasteiger partial charge in [-0.2, -0.15) is 0 Å². The van der Waals surface area contributed by atoms with Gasteiger partial charge >= 0.3 is 0 Å². The first-order chi connectivity index (χ1) is 10.2.